The fraction of sp³-hybridized carbons (Fsp3) is 0.231. The Morgan fingerprint density at radius 2 is 1.76 bits per heavy atom. The lowest BCUT2D eigenvalue weighted by Crippen LogP contribution is -2.28. The molecule has 4 rings (SSSR count). The van der Waals surface area contributed by atoms with Crippen LogP contribution in [0.5, 0.6) is 17.2 Å². The van der Waals surface area contributed by atoms with E-state index in [2.05, 4.69) is 0 Å². The smallest absolute Gasteiger partial charge is 0.295 e. The van der Waals surface area contributed by atoms with E-state index < -0.39 is 17.7 Å². The first-order chi connectivity index (χ1) is 16.4. The molecule has 1 amide bonds. The first-order valence-electron chi connectivity index (χ1n) is 10.9. The van der Waals surface area contributed by atoms with Crippen LogP contribution in [0.4, 0.5) is 0 Å². The second-order valence-electron chi connectivity index (χ2n) is 7.62. The number of aliphatic hydroxyl groups excluding tert-OH is 1. The number of hydrogen-bond donors (Lipinski definition) is 2. The molecule has 1 fully saturated rings. The normalized spacial score (nSPS) is 17.2. The van der Waals surface area contributed by atoms with Gasteiger partial charge in [0.15, 0.2) is 11.5 Å². The number of likely N-dealkylation sites (tertiary alicyclic amines) is 1. The van der Waals surface area contributed by atoms with Crippen molar-refractivity contribution in [3.63, 3.8) is 0 Å². The number of amides is 1. The molecule has 2 aromatic carbocycles. The fourth-order valence-electron chi connectivity index (χ4n) is 3.96. The molecule has 1 aliphatic heterocycles. The van der Waals surface area contributed by atoms with Gasteiger partial charge in [-0.2, -0.15) is 0 Å². The predicted molar refractivity (Wildman–Crippen MR) is 129 cm³/mol. The third-order valence-electron chi connectivity index (χ3n) is 5.48. The van der Waals surface area contributed by atoms with Gasteiger partial charge in [0.25, 0.3) is 11.7 Å². The molecule has 3 aromatic rings. The number of nitrogens with zero attached hydrogens (tertiary/aromatic N) is 1. The van der Waals surface area contributed by atoms with Crippen LogP contribution in [0.15, 0.2) is 65.6 Å². The highest BCUT2D eigenvalue weighted by atomic mass is 32.1. The third kappa shape index (κ3) is 4.49. The molecule has 1 aliphatic rings. The van der Waals surface area contributed by atoms with Crippen LogP contribution in [-0.4, -0.2) is 40.0 Å². The molecule has 1 aromatic heterocycles. The summed E-state index contributed by atoms with van der Waals surface area (Å²) >= 11 is 1.47. The zero-order chi connectivity index (χ0) is 24.2. The Labute approximate surface area is 201 Å². The number of phenols is 1. The maximum Gasteiger partial charge on any atom is 0.295 e. The van der Waals surface area contributed by atoms with Crippen molar-refractivity contribution in [1.29, 1.82) is 0 Å². The van der Waals surface area contributed by atoms with E-state index in [1.165, 1.54) is 22.3 Å². The highest BCUT2D eigenvalue weighted by Crippen LogP contribution is 2.42. The van der Waals surface area contributed by atoms with Crippen LogP contribution in [0.25, 0.3) is 5.76 Å². The zero-order valence-electron chi connectivity index (χ0n) is 18.9. The summed E-state index contributed by atoms with van der Waals surface area (Å²) in [6, 6.07) is 14.3. The molecule has 34 heavy (non-hydrogen) atoms. The van der Waals surface area contributed by atoms with Gasteiger partial charge in [-0.25, -0.2) is 0 Å². The SMILES string of the molecule is CCOc1ccc(/C(O)=C2\C(=O)C(=O)N(Cc3cccs3)C2c2ccc(O)c(OCC)c2)cc1. The summed E-state index contributed by atoms with van der Waals surface area (Å²) in [7, 11) is 0. The van der Waals surface area contributed by atoms with Crippen molar-refractivity contribution in [3.8, 4) is 17.2 Å². The lowest BCUT2D eigenvalue weighted by Gasteiger charge is -2.25. The lowest BCUT2D eigenvalue weighted by atomic mass is 9.95. The number of ether oxygens (including phenoxy) is 2. The Morgan fingerprint density at radius 3 is 2.41 bits per heavy atom. The molecule has 1 unspecified atom stereocenters. The minimum absolute atomic E-state index is 0.0149. The van der Waals surface area contributed by atoms with Gasteiger partial charge in [-0.3, -0.25) is 9.59 Å². The van der Waals surface area contributed by atoms with Gasteiger partial charge in [0.1, 0.15) is 11.5 Å². The number of aliphatic hydroxyl groups is 1. The molecule has 1 saturated heterocycles. The summed E-state index contributed by atoms with van der Waals surface area (Å²) in [6.07, 6.45) is 0. The zero-order valence-corrected chi connectivity index (χ0v) is 19.7. The Balaban J connectivity index is 1.84. The van der Waals surface area contributed by atoms with Crippen molar-refractivity contribution in [2.45, 2.75) is 26.4 Å². The van der Waals surface area contributed by atoms with E-state index >= 15 is 0 Å². The van der Waals surface area contributed by atoms with Crippen LogP contribution in [0.1, 0.15) is 35.9 Å². The number of rotatable bonds is 8. The Bertz CT molecular complexity index is 1220. The van der Waals surface area contributed by atoms with Gasteiger partial charge < -0.3 is 24.6 Å². The molecule has 0 aliphatic carbocycles. The Morgan fingerprint density at radius 1 is 1.03 bits per heavy atom. The number of aromatic hydroxyl groups is 1. The number of phenolic OH excluding ortho intramolecular Hbond substituents is 1. The van der Waals surface area contributed by atoms with E-state index in [1.54, 1.807) is 43.3 Å². The number of ketones is 1. The number of carbonyl (C=O) groups excluding carboxylic acids is 2. The van der Waals surface area contributed by atoms with Crippen molar-refractivity contribution in [2.75, 3.05) is 13.2 Å². The Hall–Kier alpha value is -3.78. The fourth-order valence-corrected chi connectivity index (χ4v) is 4.67. The number of thiophene rings is 1. The maximum atomic E-state index is 13.2. The highest BCUT2D eigenvalue weighted by Gasteiger charge is 2.46. The van der Waals surface area contributed by atoms with E-state index in [0.29, 0.717) is 30.1 Å². The maximum absolute atomic E-state index is 13.2. The number of Topliss-reactive ketones (excluding diaryl/α,β-unsaturated/α-hetero) is 1. The predicted octanol–water partition coefficient (Wildman–Crippen LogP) is 4.87. The first-order valence-corrected chi connectivity index (χ1v) is 11.8. The molecule has 0 saturated carbocycles. The molecule has 0 bridgehead atoms. The molecular weight excluding hydrogens is 454 g/mol. The van der Waals surface area contributed by atoms with Crippen LogP contribution in [-0.2, 0) is 16.1 Å². The van der Waals surface area contributed by atoms with Gasteiger partial charge in [-0.15, -0.1) is 11.3 Å². The molecule has 7 nitrogen and oxygen atoms in total. The van der Waals surface area contributed by atoms with Crippen LogP contribution < -0.4 is 9.47 Å². The second-order valence-corrected chi connectivity index (χ2v) is 8.66. The molecule has 176 valence electrons. The minimum Gasteiger partial charge on any atom is -0.507 e. The molecular formula is C26H25NO6S. The summed E-state index contributed by atoms with van der Waals surface area (Å²) in [5.74, 6) is -0.911. The molecule has 2 N–H and O–H groups in total. The topological polar surface area (TPSA) is 96.3 Å². The quantitative estimate of drug-likeness (QED) is 0.272. The number of hydrogen-bond acceptors (Lipinski definition) is 7. The third-order valence-corrected chi connectivity index (χ3v) is 6.35. The van der Waals surface area contributed by atoms with Crippen molar-refractivity contribution in [3.05, 3.63) is 81.6 Å². The van der Waals surface area contributed by atoms with Gasteiger partial charge in [0.05, 0.1) is 31.4 Å². The molecule has 8 heteroatoms. The number of benzene rings is 2. The van der Waals surface area contributed by atoms with Crippen LogP contribution in [0.2, 0.25) is 0 Å². The summed E-state index contributed by atoms with van der Waals surface area (Å²) in [4.78, 5) is 28.6. The summed E-state index contributed by atoms with van der Waals surface area (Å²) in [5, 5.41) is 23.3. The monoisotopic (exact) mass is 479 g/mol. The molecule has 0 spiro atoms. The summed E-state index contributed by atoms with van der Waals surface area (Å²) < 4.78 is 11.0. The first kappa shape index (κ1) is 23.4. The average Bonchev–Trinajstić information content (AvgIpc) is 3.43. The van der Waals surface area contributed by atoms with E-state index in [0.717, 1.165) is 4.88 Å². The standard InChI is InChI=1S/C26H25NO6S/c1-3-32-18-10-7-16(8-11-18)24(29)22-23(17-9-12-20(28)21(14-17)33-4-2)27(26(31)25(22)30)15-19-6-5-13-34-19/h5-14,23,28-29H,3-4,15H2,1-2H3/b24-22+. The minimum atomic E-state index is -0.853. The van der Waals surface area contributed by atoms with Crippen molar-refractivity contribution in [2.24, 2.45) is 0 Å². The van der Waals surface area contributed by atoms with Crippen molar-refractivity contribution < 1.29 is 29.3 Å². The van der Waals surface area contributed by atoms with E-state index in [1.807, 2.05) is 24.4 Å². The molecule has 0 radical (unpaired) electrons. The van der Waals surface area contributed by atoms with E-state index in [4.69, 9.17) is 9.47 Å². The highest BCUT2D eigenvalue weighted by molar-refractivity contribution is 7.09. The van der Waals surface area contributed by atoms with Crippen molar-refractivity contribution in [1.82, 2.24) is 4.90 Å². The molecule has 2 heterocycles. The number of carbonyl (C=O) groups is 2. The van der Waals surface area contributed by atoms with Crippen molar-refractivity contribution >= 4 is 28.8 Å². The second kappa shape index (κ2) is 10.0. The van der Waals surface area contributed by atoms with Gasteiger partial charge in [-0.1, -0.05) is 12.1 Å². The van der Waals surface area contributed by atoms with E-state index in [9.17, 15) is 19.8 Å². The summed E-state index contributed by atoms with van der Waals surface area (Å²) in [6.45, 7) is 4.70. The van der Waals surface area contributed by atoms with Gasteiger partial charge in [0, 0.05) is 10.4 Å². The van der Waals surface area contributed by atoms with Gasteiger partial charge in [0.2, 0.25) is 0 Å². The van der Waals surface area contributed by atoms with Crippen LogP contribution in [0, 0.1) is 0 Å². The Kier molecular flexibility index (Phi) is 6.88. The van der Waals surface area contributed by atoms with Crippen LogP contribution >= 0.6 is 11.3 Å². The largest absolute Gasteiger partial charge is 0.507 e. The summed E-state index contributed by atoms with van der Waals surface area (Å²) in [5.41, 5.74) is 0.926. The van der Waals surface area contributed by atoms with Crippen LogP contribution in [0.3, 0.4) is 0 Å². The van der Waals surface area contributed by atoms with Gasteiger partial charge >= 0.3 is 0 Å². The van der Waals surface area contributed by atoms with Gasteiger partial charge in [-0.05, 0) is 67.3 Å². The average molecular weight is 480 g/mol. The lowest BCUT2D eigenvalue weighted by molar-refractivity contribution is -0.140. The molecule has 1 atom stereocenters. The van der Waals surface area contributed by atoms with E-state index in [-0.39, 0.29) is 29.4 Å².